The van der Waals surface area contributed by atoms with Crippen LogP contribution < -0.4 is 5.32 Å². The van der Waals surface area contributed by atoms with Gasteiger partial charge in [-0.1, -0.05) is 23.7 Å². The second kappa shape index (κ2) is 5.85. The van der Waals surface area contributed by atoms with Gasteiger partial charge in [-0.05, 0) is 23.8 Å². The number of halogens is 2. The molecule has 0 bridgehead atoms. The van der Waals surface area contributed by atoms with E-state index < -0.39 is 0 Å². The highest BCUT2D eigenvalue weighted by Crippen LogP contribution is 2.20. The van der Waals surface area contributed by atoms with Gasteiger partial charge in [-0.3, -0.25) is 9.78 Å². The summed E-state index contributed by atoms with van der Waals surface area (Å²) in [5.41, 5.74) is 1.91. The third kappa shape index (κ3) is 3.00. The van der Waals surface area contributed by atoms with Crippen LogP contribution in [0.5, 0.6) is 0 Å². The van der Waals surface area contributed by atoms with Gasteiger partial charge in [0.2, 0.25) is 0 Å². The van der Waals surface area contributed by atoms with E-state index in [1.54, 1.807) is 30.5 Å². The number of pyridine rings is 1. The Bertz CT molecular complexity index is 572. The maximum Gasteiger partial charge on any atom is 0.255 e. The quantitative estimate of drug-likeness (QED) is 0.871. The largest absolute Gasteiger partial charge is 0.319 e. The van der Waals surface area contributed by atoms with Gasteiger partial charge < -0.3 is 5.32 Å². The average Bonchev–Trinajstić information content (AvgIpc) is 2.41. The van der Waals surface area contributed by atoms with Gasteiger partial charge >= 0.3 is 0 Å². The molecule has 0 aliphatic heterocycles. The van der Waals surface area contributed by atoms with Gasteiger partial charge in [0.05, 0.1) is 16.9 Å². The van der Waals surface area contributed by atoms with Crippen LogP contribution in [0.4, 0.5) is 5.69 Å². The number of aromatic nitrogens is 1. The van der Waals surface area contributed by atoms with Crippen LogP contribution in [-0.4, -0.2) is 10.9 Å². The van der Waals surface area contributed by atoms with E-state index in [0.29, 0.717) is 22.2 Å². The van der Waals surface area contributed by atoms with E-state index >= 15 is 0 Å². The van der Waals surface area contributed by atoms with Crippen molar-refractivity contribution in [3.8, 4) is 0 Å². The molecule has 0 aliphatic carbocycles. The number of carbonyl (C=O) groups excluding carboxylic acids is 1. The molecular formula is C13H10Cl2N2O. The van der Waals surface area contributed by atoms with Gasteiger partial charge in [-0.25, -0.2) is 0 Å². The van der Waals surface area contributed by atoms with E-state index in [9.17, 15) is 4.79 Å². The minimum atomic E-state index is -0.239. The molecule has 92 valence electrons. The SMILES string of the molecule is O=C(Nc1cnccc1Cl)c1cccc(CCl)c1. The summed E-state index contributed by atoms with van der Waals surface area (Å²) < 4.78 is 0. The Morgan fingerprint density at radius 1 is 1.33 bits per heavy atom. The van der Waals surface area contributed by atoms with Crippen molar-refractivity contribution in [2.24, 2.45) is 0 Å². The Balaban J connectivity index is 2.19. The predicted octanol–water partition coefficient (Wildman–Crippen LogP) is 3.73. The maximum atomic E-state index is 12.0. The number of anilines is 1. The lowest BCUT2D eigenvalue weighted by Crippen LogP contribution is -2.12. The van der Waals surface area contributed by atoms with Crippen LogP contribution in [0.2, 0.25) is 5.02 Å². The minimum Gasteiger partial charge on any atom is -0.319 e. The van der Waals surface area contributed by atoms with Crippen LogP contribution in [0.3, 0.4) is 0 Å². The van der Waals surface area contributed by atoms with Crippen molar-refractivity contribution in [3.05, 3.63) is 58.9 Å². The number of benzene rings is 1. The summed E-state index contributed by atoms with van der Waals surface area (Å²) >= 11 is 11.7. The molecule has 5 heteroatoms. The molecule has 0 atom stereocenters. The Kier molecular flexibility index (Phi) is 4.18. The van der Waals surface area contributed by atoms with E-state index in [2.05, 4.69) is 10.3 Å². The summed E-state index contributed by atoms with van der Waals surface area (Å²) in [6, 6.07) is 8.73. The molecule has 0 unspecified atom stereocenters. The van der Waals surface area contributed by atoms with Gasteiger partial charge in [0.1, 0.15) is 0 Å². The number of alkyl halides is 1. The summed E-state index contributed by atoms with van der Waals surface area (Å²) in [6.45, 7) is 0. The third-order valence-electron chi connectivity index (χ3n) is 2.36. The molecule has 1 aromatic heterocycles. The lowest BCUT2D eigenvalue weighted by molar-refractivity contribution is 0.102. The van der Waals surface area contributed by atoms with Gasteiger partial charge in [0.15, 0.2) is 0 Å². The van der Waals surface area contributed by atoms with Crippen LogP contribution in [0.1, 0.15) is 15.9 Å². The molecule has 0 saturated carbocycles. The van der Waals surface area contributed by atoms with E-state index in [1.807, 2.05) is 6.07 Å². The fourth-order valence-corrected chi connectivity index (χ4v) is 1.78. The van der Waals surface area contributed by atoms with Crippen molar-refractivity contribution in [1.29, 1.82) is 0 Å². The first-order chi connectivity index (χ1) is 8.70. The number of hydrogen-bond donors (Lipinski definition) is 1. The molecule has 1 amide bonds. The number of hydrogen-bond acceptors (Lipinski definition) is 2. The zero-order valence-corrected chi connectivity index (χ0v) is 10.9. The van der Waals surface area contributed by atoms with Crippen molar-refractivity contribution in [1.82, 2.24) is 4.98 Å². The summed E-state index contributed by atoms with van der Waals surface area (Å²) in [5, 5.41) is 3.15. The molecule has 3 nitrogen and oxygen atoms in total. The summed E-state index contributed by atoms with van der Waals surface area (Å²) in [6.07, 6.45) is 3.07. The van der Waals surface area contributed by atoms with Crippen molar-refractivity contribution < 1.29 is 4.79 Å². The lowest BCUT2D eigenvalue weighted by atomic mass is 10.1. The fraction of sp³-hybridized carbons (Fsp3) is 0.0769. The molecule has 2 aromatic rings. The Morgan fingerprint density at radius 3 is 2.89 bits per heavy atom. The van der Waals surface area contributed by atoms with Crippen LogP contribution >= 0.6 is 23.2 Å². The smallest absolute Gasteiger partial charge is 0.255 e. The van der Waals surface area contributed by atoms with Crippen molar-refractivity contribution in [2.45, 2.75) is 5.88 Å². The molecule has 0 saturated heterocycles. The molecule has 0 aliphatic rings. The van der Waals surface area contributed by atoms with E-state index in [1.165, 1.54) is 6.20 Å². The van der Waals surface area contributed by atoms with Crippen molar-refractivity contribution in [2.75, 3.05) is 5.32 Å². The molecule has 18 heavy (non-hydrogen) atoms. The highest BCUT2D eigenvalue weighted by molar-refractivity contribution is 6.33. The normalized spacial score (nSPS) is 10.1. The van der Waals surface area contributed by atoms with Gasteiger partial charge in [0.25, 0.3) is 5.91 Å². The Labute approximate surface area is 115 Å². The first-order valence-electron chi connectivity index (χ1n) is 5.26. The Hall–Kier alpha value is -1.58. The summed E-state index contributed by atoms with van der Waals surface area (Å²) in [5.74, 6) is 0.131. The average molecular weight is 281 g/mol. The lowest BCUT2D eigenvalue weighted by Gasteiger charge is -2.07. The number of carbonyl (C=O) groups is 1. The molecule has 1 aromatic carbocycles. The number of amides is 1. The zero-order valence-electron chi connectivity index (χ0n) is 9.36. The third-order valence-corrected chi connectivity index (χ3v) is 3.00. The molecule has 2 rings (SSSR count). The van der Waals surface area contributed by atoms with Gasteiger partial charge in [-0.15, -0.1) is 11.6 Å². The number of nitrogens with one attached hydrogen (secondary N) is 1. The molecule has 0 radical (unpaired) electrons. The van der Waals surface area contributed by atoms with E-state index in [4.69, 9.17) is 23.2 Å². The molecule has 0 spiro atoms. The molecule has 1 N–H and O–H groups in total. The van der Waals surface area contributed by atoms with E-state index in [0.717, 1.165) is 5.56 Å². The summed E-state index contributed by atoms with van der Waals surface area (Å²) in [7, 11) is 0. The van der Waals surface area contributed by atoms with Crippen LogP contribution in [-0.2, 0) is 5.88 Å². The standard InChI is InChI=1S/C13H10Cl2N2O/c14-7-9-2-1-3-10(6-9)13(18)17-12-8-16-5-4-11(12)15/h1-6,8H,7H2,(H,17,18). The Morgan fingerprint density at radius 2 is 2.17 bits per heavy atom. The summed E-state index contributed by atoms with van der Waals surface area (Å²) in [4.78, 5) is 15.9. The molecular weight excluding hydrogens is 271 g/mol. The minimum absolute atomic E-state index is 0.239. The second-order valence-electron chi connectivity index (χ2n) is 3.64. The highest BCUT2D eigenvalue weighted by Gasteiger charge is 2.08. The second-order valence-corrected chi connectivity index (χ2v) is 4.32. The van der Waals surface area contributed by atoms with Crippen LogP contribution in [0.15, 0.2) is 42.7 Å². The monoisotopic (exact) mass is 280 g/mol. The van der Waals surface area contributed by atoms with Gasteiger partial charge in [-0.2, -0.15) is 0 Å². The predicted molar refractivity (Wildman–Crippen MR) is 73.2 cm³/mol. The fourth-order valence-electron chi connectivity index (χ4n) is 1.46. The van der Waals surface area contributed by atoms with E-state index in [-0.39, 0.29) is 5.91 Å². The van der Waals surface area contributed by atoms with Crippen LogP contribution in [0.25, 0.3) is 0 Å². The maximum absolute atomic E-state index is 12.0. The van der Waals surface area contributed by atoms with Crippen LogP contribution in [0, 0.1) is 0 Å². The first-order valence-corrected chi connectivity index (χ1v) is 6.17. The van der Waals surface area contributed by atoms with Gasteiger partial charge in [0, 0.05) is 17.6 Å². The van der Waals surface area contributed by atoms with Crippen molar-refractivity contribution >= 4 is 34.8 Å². The highest BCUT2D eigenvalue weighted by atomic mass is 35.5. The molecule has 1 heterocycles. The first kappa shape index (κ1) is 12.9. The number of nitrogens with zero attached hydrogens (tertiary/aromatic N) is 1. The number of rotatable bonds is 3. The topological polar surface area (TPSA) is 42.0 Å². The zero-order chi connectivity index (χ0) is 13.0. The molecule has 0 fully saturated rings. The van der Waals surface area contributed by atoms with Crippen molar-refractivity contribution in [3.63, 3.8) is 0 Å².